The second kappa shape index (κ2) is 34.3. The number of aromatic nitrogens is 1. The first kappa shape index (κ1) is 59.8. The number of carboxylic acids is 6. The van der Waals surface area contributed by atoms with E-state index in [1.165, 1.54) is 6.92 Å². The second-order valence-electron chi connectivity index (χ2n) is 14.3. The summed E-state index contributed by atoms with van der Waals surface area (Å²) in [5, 5.41) is 51.1. The van der Waals surface area contributed by atoms with Crippen LogP contribution in [0.15, 0.2) is 60.8 Å². The van der Waals surface area contributed by atoms with Crippen LogP contribution in [0, 0.1) is 11.8 Å². The van der Waals surface area contributed by atoms with Crippen LogP contribution in [0.3, 0.4) is 0 Å². The molecule has 21 N–H and O–H groups in total. The first-order valence-corrected chi connectivity index (χ1v) is 19.5. The maximum atomic E-state index is 10.6. The van der Waals surface area contributed by atoms with Crippen molar-refractivity contribution in [1.82, 2.24) is 4.98 Å². The summed E-state index contributed by atoms with van der Waals surface area (Å²) < 4.78 is 0. The minimum absolute atomic E-state index is 0.0718. The minimum atomic E-state index is -0.972. The number of hydrogen-bond donors (Lipinski definition) is 14. The largest absolute Gasteiger partial charge is 0.480 e. The number of nitrogens with two attached hydrogens (primary N) is 7. The van der Waals surface area contributed by atoms with Gasteiger partial charge in [-0.25, -0.2) is 0 Å². The Morgan fingerprint density at radius 3 is 1.43 bits per heavy atom. The lowest BCUT2D eigenvalue weighted by Crippen LogP contribution is -2.36. The van der Waals surface area contributed by atoms with Gasteiger partial charge in [0.05, 0.1) is 0 Å². The molecular formula is C41H70N8O12. The van der Waals surface area contributed by atoms with Crippen molar-refractivity contribution in [1.29, 1.82) is 0 Å². The van der Waals surface area contributed by atoms with Gasteiger partial charge in [0.2, 0.25) is 0 Å². The number of fused-ring (bicyclic) bond motifs is 1. The minimum Gasteiger partial charge on any atom is -0.480 e. The molecule has 1 aromatic heterocycles. The molecule has 346 valence electrons. The highest BCUT2D eigenvalue weighted by Crippen LogP contribution is 2.18. The number of rotatable bonds is 18. The van der Waals surface area contributed by atoms with E-state index in [0.717, 1.165) is 41.3 Å². The highest BCUT2D eigenvalue weighted by Gasteiger charge is 2.18. The first-order valence-electron chi connectivity index (χ1n) is 19.5. The Hall–Kier alpha value is -5.48. The number of aromatic amines is 1. The molecular weight excluding hydrogens is 796 g/mol. The maximum absolute atomic E-state index is 10.6. The topological polar surface area (TPSA) is 422 Å². The molecule has 1 heterocycles. The van der Waals surface area contributed by atoms with Crippen molar-refractivity contribution in [2.24, 2.45) is 52.0 Å². The van der Waals surface area contributed by atoms with Crippen molar-refractivity contribution in [3.63, 3.8) is 0 Å². The van der Waals surface area contributed by atoms with Gasteiger partial charge in [-0.15, -0.1) is 0 Å². The van der Waals surface area contributed by atoms with E-state index in [2.05, 4.69) is 4.98 Å². The summed E-state index contributed by atoms with van der Waals surface area (Å²) >= 11 is 0. The van der Waals surface area contributed by atoms with Gasteiger partial charge in [-0.1, -0.05) is 89.1 Å². The Bertz CT molecular complexity index is 1690. The molecule has 0 saturated heterocycles. The van der Waals surface area contributed by atoms with E-state index in [0.29, 0.717) is 38.1 Å². The molecule has 0 spiro atoms. The molecule has 0 aliphatic rings. The highest BCUT2D eigenvalue weighted by atomic mass is 16.4. The molecule has 61 heavy (non-hydrogen) atoms. The third kappa shape index (κ3) is 31.1. The van der Waals surface area contributed by atoms with E-state index in [9.17, 15) is 28.8 Å². The number of H-pyrrole nitrogens is 1. The lowest BCUT2D eigenvalue weighted by Gasteiger charge is -2.11. The molecule has 0 fully saturated rings. The molecule has 0 radical (unpaired) electrons. The normalized spacial score (nSPS) is 13.6. The fraction of sp³-hybridized carbons (Fsp3) is 0.512. The number of hydrogen-bond acceptors (Lipinski definition) is 13. The third-order valence-corrected chi connectivity index (χ3v) is 8.31. The summed E-state index contributed by atoms with van der Waals surface area (Å²) in [5.74, 6) is -5.22. The Morgan fingerprint density at radius 2 is 1.05 bits per heavy atom. The van der Waals surface area contributed by atoms with Crippen LogP contribution in [0.5, 0.6) is 0 Å². The Kier molecular flexibility index (Phi) is 33.6. The van der Waals surface area contributed by atoms with Gasteiger partial charge in [-0.05, 0) is 68.2 Å². The highest BCUT2D eigenvalue weighted by molar-refractivity contribution is 5.84. The van der Waals surface area contributed by atoms with Crippen molar-refractivity contribution in [2.75, 3.05) is 6.54 Å². The summed E-state index contributed by atoms with van der Waals surface area (Å²) in [6.45, 7) is 9.67. The standard InChI is InChI=1S/C11H12N2O2.C9H11NO2.C6H14N2O2.2C6H13NO2.C3H7NO2/c12-9(11(14)15)5-7-6-13-10-4-2-1-3-8(7)10;10-8(9(11)12)6-7-4-2-1-3-5-7;7-4-2-1-3-5(8)6(9)10;1-4(2)3-5(7)6(8)9;1-3-4(2)5(7)6(8)9;1-2(4)3(5)6/h1-4,6,9,13H,5,12H2,(H,14,15);1-5,8H,6,10H2,(H,11,12);5H,1-4,7-8H2,(H,9,10);2*4-5H,3,7H2,1-2H3,(H,8,9);2H,4H2,1H3,(H,5,6). The predicted molar refractivity (Wildman–Crippen MR) is 233 cm³/mol. The Morgan fingerprint density at radius 1 is 0.590 bits per heavy atom. The summed E-state index contributed by atoms with van der Waals surface area (Å²) in [4.78, 5) is 64.1. The lowest BCUT2D eigenvalue weighted by atomic mass is 10.0. The van der Waals surface area contributed by atoms with E-state index < -0.39 is 72.1 Å². The molecule has 0 bridgehead atoms. The number of para-hydroxylation sites is 1. The number of nitrogens with one attached hydrogen (secondary N) is 1. The zero-order valence-corrected chi connectivity index (χ0v) is 35.7. The summed E-state index contributed by atoms with van der Waals surface area (Å²) in [6.07, 6.45) is 6.07. The number of aliphatic carboxylic acids is 6. The third-order valence-electron chi connectivity index (χ3n) is 8.31. The van der Waals surface area contributed by atoms with Gasteiger partial charge in [0.25, 0.3) is 0 Å². The molecule has 0 amide bonds. The molecule has 20 heteroatoms. The summed E-state index contributed by atoms with van der Waals surface area (Å²) in [6, 6.07) is 12.6. The van der Waals surface area contributed by atoms with Gasteiger partial charge in [-0.2, -0.15) is 0 Å². The van der Waals surface area contributed by atoms with Crippen LogP contribution in [-0.4, -0.2) is 114 Å². The van der Waals surface area contributed by atoms with Gasteiger partial charge in [0, 0.05) is 23.5 Å². The number of unbranched alkanes of at least 4 members (excludes halogenated alkanes) is 1. The van der Waals surface area contributed by atoms with Crippen LogP contribution < -0.4 is 40.1 Å². The first-order chi connectivity index (χ1) is 28.3. The molecule has 0 aliphatic heterocycles. The van der Waals surface area contributed by atoms with Crippen LogP contribution in [0.4, 0.5) is 0 Å². The Labute approximate surface area is 356 Å². The second-order valence-corrected chi connectivity index (χ2v) is 14.3. The zero-order valence-electron chi connectivity index (χ0n) is 35.7. The fourth-order valence-electron chi connectivity index (χ4n) is 4.32. The van der Waals surface area contributed by atoms with E-state index in [1.54, 1.807) is 0 Å². The number of carbonyl (C=O) groups is 6. The van der Waals surface area contributed by atoms with Gasteiger partial charge in [0.15, 0.2) is 0 Å². The lowest BCUT2D eigenvalue weighted by molar-refractivity contribution is -0.140. The van der Waals surface area contributed by atoms with E-state index in [-0.39, 0.29) is 5.92 Å². The maximum Gasteiger partial charge on any atom is 0.320 e. The molecule has 7 unspecified atom stereocenters. The van der Waals surface area contributed by atoms with Gasteiger partial charge in [0.1, 0.15) is 36.3 Å². The molecule has 0 aliphatic carbocycles. The van der Waals surface area contributed by atoms with Crippen LogP contribution in [0.25, 0.3) is 10.9 Å². The summed E-state index contributed by atoms with van der Waals surface area (Å²) in [7, 11) is 0. The van der Waals surface area contributed by atoms with Gasteiger partial charge in [-0.3, -0.25) is 28.8 Å². The van der Waals surface area contributed by atoms with Crippen molar-refractivity contribution in [3.8, 4) is 0 Å². The smallest absolute Gasteiger partial charge is 0.320 e. The Balaban J connectivity index is -0.000000677. The van der Waals surface area contributed by atoms with Crippen LogP contribution >= 0.6 is 0 Å². The zero-order chi connectivity index (χ0) is 47.8. The number of carboxylic acid groups (broad SMARTS) is 6. The van der Waals surface area contributed by atoms with Gasteiger partial charge < -0.3 is 75.8 Å². The quantitative estimate of drug-likeness (QED) is 0.0807. The average Bonchev–Trinajstić information content (AvgIpc) is 3.60. The number of benzene rings is 2. The van der Waals surface area contributed by atoms with Crippen molar-refractivity contribution < 1.29 is 59.4 Å². The monoisotopic (exact) mass is 867 g/mol. The fourth-order valence-corrected chi connectivity index (χ4v) is 4.32. The SMILES string of the molecule is CC(C)CC(N)C(=O)O.CC(N)C(=O)O.CCC(C)C(N)C(=O)O.NC(Cc1c[nH]c2ccccc12)C(=O)O.NC(Cc1ccccc1)C(=O)O.NCCCCC(N)C(=O)O. The molecule has 0 saturated carbocycles. The summed E-state index contributed by atoms with van der Waals surface area (Å²) in [5.41, 5.74) is 39.5. The van der Waals surface area contributed by atoms with Crippen LogP contribution in [0.1, 0.15) is 77.8 Å². The molecule has 2 aromatic carbocycles. The molecule has 3 rings (SSSR count). The van der Waals surface area contributed by atoms with E-state index in [1.807, 2.05) is 88.5 Å². The molecule has 3 aromatic rings. The van der Waals surface area contributed by atoms with Crippen molar-refractivity contribution >= 4 is 46.7 Å². The predicted octanol–water partition coefficient (Wildman–Crippen LogP) is 1.60. The van der Waals surface area contributed by atoms with E-state index in [4.69, 9.17) is 70.8 Å². The van der Waals surface area contributed by atoms with Gasteiger partial charge >= 0.3 is 35.8 Å². The molecule has 20 nitrogen and oxygen atoms in total. The van der Waals surface area contributed by atoms with Crippen molar-refractivity contribution in [3.05, 3.63) is 71.9 Å². The average molecular weight is 867 g/mol. The van der Waals surface area contributed by atoms with Crippen LogP contribution in [0.2, 0.25) is 0 Å². The van der Waals surface area contributed by atoms with Crippen LogP contribution in [-0.2, 0) is 41.6 Å². The van der Waals surface area contributed by atoms with E-state index >= 15 is 0 Å². The molecule has 7 atom stereocenters. The van der Waals surface area contributed by atoms with Crippen molar-refractivity contribution in [2.45, 2.75) is 116 Å².